The highest BCUT2D eigenvalue weighted by molar-refractivity contribution is 5.89. The second-order valence-electron chi connectivity index (χ2n) is 3.41. The summed E-state index contributed by atoms with van der Waals surface area (Å²) in [5.74, 6) is 0.976. The molecule has 0 N–H and O–H groups in total. The summed E-state index contributed by atoms with van der Waals surface area (Å²) in [7, 11) is 0. The summed E-state index contributed by atoms with van der Waals surface area (Å²) in [5, 5.41) is 0.810. The van der Waals surface area contributed by atoms with E-state index in [2.05, 4.69) is 5.92 Å². The summed E-state index contributed by atoms with van der Waals surface area (Å²) in [6.45, 7) is 1.85. The van der Waals surface area contributed by atoms with E-state index in [1.807, 2.05) is 6.92 Å². The molecule has 0 aliphatic heterocycles. The van der Waals surface area contributed by atoms with Crippen molar-refractivity contribution in [1.29, 1.82) is 0 Å². The van der Waals surface area contributed by atoms with Crippen LogP contribution in [0.25, 0.3) is 10.8 Å². The zero-order valence-electron chi connectivity index (χ0n) is 8.14. The van der Waals surface area contributed by atoms with Crippen molar-refractivity contribution in [3.63, 3.8) is 0 Å². The summed E-state index contributed by atoms with van der Waals surface area (Å²) < 4.78 is 26.7. The lowest BCUT2D eigenvalue weighted by Crippen LogP contribution is -1.91. The Hall–Kier alpha value is -1.88. The van der Waals surface area contributed by atoms with Crippen molar-refractivity contribution in [2.45, 2.75) is 6.92 Å². The molecule has 2 heteroatoms. The van der Waals surface area contributed by atoms with Gasteiger partial charge in [-0.1, -0.05) is 23.6 Å². The molecular weight excluding hydrogens is 194 g/mol. The largest absolute Gasteiger partial charge is 0.206 e. The average Bonchev–Trinajstić information content (AvgIpc) is 2.19. The molecular formula is C13H8F2. The van der Waals surface area contributed by atoms with Crippen LogP contribution in [0.5, 0.6) is 0 Å². The number of terminal acetylenes is 1. The van der Waals surface area contributed by atoms with Crippen molar-refractivity contribution in [3.8, 4) is 12.3 Å². The van der Waals surface area contributed by atoms with Crippen molar-refractivity contribution >= 4 is 10.8 Å². The maximum Gasteiger partial charge on any atom is 0.142 e. The van der Waals surface area contributed by atoms with Crippen LogP contribution in [0.3, 0.4) is 0 Å². The van der Waals surface area contributed by atoms with Crippen LogP contribution in [0.15, 0.2) is 24.3 Å². The first-order valence-corrected chi connectivity index (χ1v) is 4.48. The fraction of sp³-hybridized carbons (Fsp3) is 0.0769. The van der Waals surface area contributed by atoms with Gasteiger partial charge in [0.2, 0.25) is 0 Å². The Balaban J connectivity index is 2.98. The lowest BCUT2D eigenvalue weighted by Gasteiger charge is -2.05. The summed E-state index contributed by atoms with van der Waals surface area (Å²) in [6.07, 6.45) is 5.19. The van der Waals surface area contributed by atoms with Gasteiger partial charge in [-0.3, -0.25) is 0 Å². The first kappa shape index (κ1) is 9.67. The number of hydrogen-bond acceptors (Lipinski definition) is 0. The van der Waals surface area contributed by atoms with Gasteiger partial charge in [-0.25, -0.2) is 8.78 Å². The molecule has 0 spiro atoms. The second kappa shape index (κ2) is 3.36. The van der Waals surface area contributed by atoms with Gasteiger partial charge < -0.3 is 0 Å². The quantitative estimate of drug-likeness (QED) is 0.574. The van der Waals surface area contributed by atoms with E-state index in [1.54, 1.807) is 18.2 Å². The first-order valence-electron chi connectivity index (χ1n) is 4.48. The number of aryl methyl sites for hydroxylation is 1. The SMILES string of the molecule is C#Cc1c(F)cc(F)c2cc(C)ccc12. The molecule has 0 unspecified atom stereocenters. The van der Waals surface area contributed by atoms with E-state index < -0.39 is 11.6 Å². The van der Waals surface area contributed by atoms with Crippen LogP contribution in [0.1, 0.15) is 11.1 Å². The zero-order valence-corrected chi connectivity index (χ0v) is 8.14. The molecule has 0 bridgehead atoms. The lowest BCUT2D eigenvalue weighted by atomic mass is 10.0. The molecule has 0 amide bonds. The van der Waals surface area contributed by atoms with Gasteiger partial charge >= 0.3 is 0 Å². The van der Waals surface area contributed by atoms with Gasteiger partial charge in [-0.15, -0.1) is 6.42 Å². The highest BCUT2D eigenvalue weighted by Gasteiger charge is 2.10. The maximum atomic E-state index is 13.4. The van der Waals surface area contributed by atoms with E-state index in [0.29, 0.717) is 10.8 Å². The van der Waals surface area contributed by atoms with E-state index >= 15 is 0 Å². The Morgan fingerprint density at radius 1 is 1.07 bits per heavy atom. The molecule has 0 aliphatic rings. The molecule has 0 aliphatic carbocycles. The normalized spacial score (nSPS) is 10.3. The number of benzene rings is 2. The number of hydrogen-bond donors (Lipinski definition) is 0. The van der Waals surface area contributed by atoms with Crippen LogP contribution in [-0.4, -0.2) is 0 Å². The van der Waals surface area contributed by atoms with Crippen LogP contribution in [0, 0.1) is 30.9 Å². The third kappa shape index (κ3) is 1.46. The van der Waals surface area contributed by atoms with Gasteiger partial charge in [-0.05, 0) is 13.0 Å². The molecule has 2 aromatic rings. The maximum absolute atomic E-state index is 13.4. The Morgan fingerprint density at radius 2 is 1.80 bits per heavy atom. The predicted molar refractivity (Wildman–Crippen MR) is 56.5 cm³/mol. The molecule has 0 saturated carbocycles. The van der Waals surface area contributed by atoms with E-state index in [-0.39, 0.29) is 5.56 Å². The highest BCUT2D eigenvalue weighted by Crippen LogP contribution is 2.25. The lowest BCUT2D eigenvalue weighted by molar-refractivity contribution is 0.590. The van der Waals surface area contributed by atoms with Gasteiger partial charge in [0.15, 0.2) is 0 Å². The minimum absolute atomic E-state index is 0.117. The van der Waals surface area contributed by atoms with Crippen LogP contribution < -0.4 is 0 Å². The van der Waals surface area contributed by atoms with Gasteiger partial charge in [-0.2, -0.15) is 0 Å². The van der Waals surface area contributed by atoms with E-state index in [9.17, 15) is 8.78 Å². The minimum Gasteiger partial charge on any atom is -0.206 e. The summed E-state index contributed by atoms with van der Waals surface area (Å²) >= 11 is 0. The van der Waals surface area contributed by atoms with Gasteiger partial charge in [0.05, 0.1) is 5.56 Å². The summed E-state index contributed by atoms with van der Waals surface area (Å²) in [6, 6.07) is 5.91. The Bertz CT molecular complexity index is 577. The van der Waals surface area contributed by atoms with Crippen molar-refractivity contribution in [3.05, 3.63) is 47.0 Å². The molecule has 0 saturated heterocycles. The fourth-order valence-electron chi connectivity index (χ4n) is 1.61. The Morgan fingerprint density at radius 3 is 2.47 bits per heavy atom. The van der Waals surface area contributed by atoms with E-state index in [1.165, 1.54) is 0 Å². The predicted octanol–water partition coefficient (Wildman–Crippen LogP) is 3.41. The summed E-state index contributed by atoms with van der Waals surface area (Å²) in [5.41, 5.74) is 1.03. The standard InChI is InChI=1S/C13H8F2/c1-3-9-10-5-4-8(2)6-11(10)13(15)7-12(9)14/h1,4-7H,2H3. The third-order valence-electron chi connectivity index (χ3n) is 2.34. The van der Waals surface area contributed by atoms with Gasteiger partial charge in [0, 0.05) is 16.8 Å². The van der Waals surface area contributed by atoms with Crippen molar-refractivity contribution in [2.24, 2.45) is 0 Å². The van der Waals surface area contributed by atoms with Crippen LogP contribution >= 0.6 is 0 Å². The molecule has 2 aromatic carbocycles. The van der Waals surface area contributed by atoms with Crippen LogP contribution in [0.4, 0.5) is 8.78 Å². The fourth-order valence-corrected chi connectivity index (χ4v) is 1.61. The van der Waals surface area contributed by atoms with Crippen LogP contribution in [0.2, 0.25) is 0 Å². The second-order valence-corrected chi connectivity index (χ2v) is 3.41. The molecule has 2 rings (SSSR count). The molecule has 0 radical (unpaired) electrons. The smallest absolute Gasteiger partial charge is 0.142 e. The van der Waals surface area contributed by atoms with Gasteiger partial charge in [0.25, 0.3) is 0 Å². The van der Waals surface area contributed by atoms with Crippen LogP contribution in [-0.2, 0) is 0 Å². The molecule has 74 valence electrons. The topological polar surface area (TPSA) is 0 Å². The zero-order chi connectivity index (χ0) is 11.0. The first-order chi connectivity index (χ1) is 7.13. The van der Waals surface area contributed by atoms with E-state index in [0.717, 1.165) is 11.6 Å². The highest BCUT2D eigenvalue weighted by atomic mass is 19.1. The van der Waals surface area contributed by atoms with Crippen molar-refractivity contribution in [2.75, 3.05) is 0 Å². The monoisotopic (exact) mass is 202 g/mol. The minimum atomic E-state index is -0.689. The average molecular weight is 202 g/mol. The molecule has 0 atom stereocenters. The number of rotatable bonds is 0. The number of fused-ring (bicyclic) bond motifs is 1. The third-order valence-corrected chi connectivity index (χ3v) is 2.34. The molecule has 0 heterocycles. The Labute approximate surface area is 86.5 Å². The Kier molecular flexibility index (Phi) is 2.17. The summed E-state index contributed by atoms with van der Waals surface area (Å²) in [4.78, 5) is 0. The molecule has 0 fully saturated rings. The van der Waals surface area contributed by atoms with Gasteiger partial charge in [0.1, 0.15) is 11.6 Å². The molecule has 0 nitrogen and oxygen atoms in total. The number of halogens is 2. The van der Waals surface area contributed by atoms with Crippen molar-refractivity contribution < 1.29 is 8.78 Å². The molecule has 15 heavy (non-hydrogen) atoms. The van der Waals surface area contributed by atoms with Crippen molar-refractivity contribution in [1.82, 2.24) is 0 Å². The van der Waals surface area contributed by atoms with E-state index in [4.69, 9.17) is 6.42 Å². The molecule has 0 aromatic heterocycles.